The summed E-state index contributed by atoms with van der Waals surface area (Å²) in [5.74, 6) is 1.90. The van der Waals surface area contributed by atoms with E-state index >= 15 is 0 Å². The smallest absolute Gasteiger partial charge is 0.178 e. The van der Waals surface area contributed by atoms with E-state index < -0.39 is 0 Å². The average molecular weight is 594 g/mol. The maximum Gasteiger partial charge on any atom is 0.178 e. The Morgan fingerprint density at radius 3 is 2.10 bits per heavy atom. The molecule has 3 rings (SSSR count). The standard InChI is InChI=1S/C25H36N3O2.W/c1-16-13-18(24(2,3)4)22(19(14-16)25(5,6)7)30-21(29)15-20-26-23(28-27-20)17-11-9-8-10-12-17;/h8-12,15-16,18-19,22H,13-14H2,1-7H3,(H,26,27,28);/q-1;. The summed E-state index contributed by atoms with van der Waals surface area (Å²) in [5.41, 5.74) is 1.04. The van der Waals surface area contributed by atoms with Crippen molar-refractivity contribution in [3.05, 3.63) is 42.6 Å². The molecule has 0 aliphatic heterocycles. The van der Waals surface area contributed by atoms with Gasteiger partial charge in [0.05, 0.1) is 0 Å². The number of ether oxygens (including phenoxy) is 1. The summed E-state index contributed by atoms with van der Waals surface area (Å²) in [5, 5.41) is 7.07. The second-order valence-corrected chi connectivity index (χ2v) is 11.0. The van der Waals surface area contributed by atoms with E-state index in [1.165, 1.54) is 6.42 Å². The second-order valence-electron chi connectivity index (χ2n) is 11.0. The number of rotatable bonds is 4. The van der Waals surface area contributed by atoms with Crippen LogP contribution < -0.4 is 0 Å². The third-order valence-electron chi connectivity index (χ3n) is 6.37. The number of carbonyl (C=O) groups excluding carboxylic acids is 1. The molecule has 170 valence electrons. The van der Waals surface area contributed by atoms with Crippen LogP contribution in [0.15, 0.2) is 30.3 Å². The second kappa shape index (κ2) is 9.90. The van der Waals surface area contributed by atoms with E-state index in [2.05, 4.69) is 63.6 Å². The molecule has 1 N–H and O–H groups in total. The van der Waals surface area contributed by atoms with E-state index in [1.807, 2.05) is 30.3 Å². The summed E-state index contributed by atoms with van der Waals surface area (Å²) in [7, 11) is 0. The van der Waals surface area contributed by atoms with Gasteiger partial charge in [-0.1, -0.05) is 78.8 Å². The summed E-state index contributed by atoms with van der Waals surface area (Å²) in [6.07, 6.45) is 3.47. The van der Waals surface area contributed by atoms with Crippen molar-refractivity contribution in [2.24, 2.45) is 28.6 Å². The fraction of sp³-hybridized carbons (Fsp3) is 0.600. The van der Waals surface area contributed by atoms with E-state index in [1.54, 1.807) is 0 Å². The van der Waals surface area contributed by atoms with Crippen molar-refractivity contribution in [2.45, 2.75) is 67.4 Å². The molecule has 5 nitrogen and oxygen atoms in total. The van der Waals surface area contributed by atoms with E-state index in [0.717, 1.165) is 18.4 Å². The summed E-state index contributed by atoms with van der Waals surface area (Å²) in [4.78, 5) is 17.3. The molecule has 1 saturated carbocycles. The van der Waals surface area contributed by atoms with Gasteiger partial charge in [0.15, 0.2) is 11.8 Å². The van der Waals surface area contributed by atoms with Gasteiger partial charge in [-0.25, -0.2) is 11.4 Å². The number of hydrogen-bond donors (Lipinski definition) is 1. The number of benzene rings is 1. The maximum atomic E-state index is 12.9. The molecule has 0 amide bonds. The van der Waals surface area contributed by atoms with Gasteiger partial charge >= 0.3 is 0 Å². The van der Waals surface area contributed by atoms with Gasteiger partial charge in [0.2, 0.25) is 0 Å². The van der Waals surface area contributed by atoms with Crippen LogP contribution in [0.4, 0.5) is 0 Å². The number of hydrogen-bond acceptors (Lipinski definition) is 4. The molecule has 0 saturated heterocycles. The zero-order valence-electron chi connectivity index (χ0n) is 19.8. The monoisotopic (exact) mass is 594 g/mol. The molecule has 2 atom stereocenters. The number of esters is 1. The zero-order valence-corrected chi connectivity index (χ0v) is 22.7. The van der Waals surface area contributed by atoms with Crippen molar-refractivity contribution in [1.29, 1.82) is 0 Å². The third kappa shape index (κ3) is 6.44. The maximum absolute atomic E-state index is 12.9. The number of aromatic amines is 1. The van der Waals surface area contributed by atoms with E-state index in [9.17, 15) is 4.79 Å². The predicted octanol–water partition coefficient (Wildman–Crippen LogP) is 5.69. The van der Waals surface area contributed by atoms with Gasteiger partial charge in [0.25, 0.3) is 0 Å². The molecule has 2 aromatic rings. The molecule has 1 aromatic carbocycles. The molecule has 1 fully saturated rings. The largest absolute Gasteiger partial charge is 0.484 e. The quantitative estimate of drug-likeness (QED) is 0.365. The topological polar surface area (TPSA) is 67.9 Å². The van der Waals surface area contributed by atoms with Gasteiger partial charge < -0.3 is 4.74 Å². The number of nitrogens with zero attached hydrogens (tertiary/aromatic N) is 2. The molecule has 0 spiro atoms. The minimum Gasteiger partial charge on any atom is -0.484 e. The van der Waals surface area contributed by atoms with Crippen molar-refractivity contribution in [3.63, 3.8) is 0 Å². The Labute approximate surface area is 201 Å². The molecule has 1 aliphatic rings. The van der Waals surface area contributed by atoms with Gasteiger partial charge in [0.1, 0.15) is 6.10 Å². The Balaban J connectivity index is 0.00000341. The Bertz CT molecular complexity index is 828. The van der Waals surface area contributed by atoms with Crippen LogP contribution in [0.5, 0.6) is 0 Å². The van der Waals surface area contributed by atoms with Crippen LogP contribution in [0.25, 0.3) is 11.4 Å². The SMILES string of the molecule is CC1CC(C(C)(C)C)C(OC(=O)[CH-]c2nc(-c3ccccc3)n[nH]2)C(C(C)(C)C)C1.[W]. The summed E-state index contributed by atoms with van der Waals surface area (Å²) in [6, 6.07) is 9.70. The Kier molecular flexibility index (Phi) is 8.19. The van der Waals surface area contributed by atoms with Crippen molar-refractivity contribution >= 4 is 5.97 Å². The summed E-state index contributed by atoms with van der Waals surface area (Å²) < 4.78 is 6.15. The van der Waals surface area contributed by atoms with E-state index in [-0.39, 0.29) is 44.0 Å². The van der Waals surface area contributed by atoms with E-state index in [0.29, 0.717) is 29.4 Å². The Hall–Kier alpha value is -1.61. The van der Waals surface area contributed by atoms with E-state index in [4.69, 9.17) is 4.74 Å². The molecular formula is C25H36N3O2W-. The first kappa shape index (κ1) is 25.6. The van der Waals surface area contributed by atoms with Gasteiger partial charge in [-0.3, -0.25) is 9.89 Å². The van der Waals surface area contributed by atoms with Crippen LogP contribution in [0, 0.1) is 35.0 Å². The van der Waals surface area contributed by atoms with Crippen LogP contribution >= 0.6 is 0 Å². The first-order valence-electron chi connectivity index (χ1n) is 11.0. The van der Waals surface area contributed by atoms with Crippen LogP contribution in [0.3, 0.4) is 0 Å². The first-order valence-corrected chi connectivity index (χ1v) is 11.0. The Morgan fingerprint density at radius 2 is 1.58 bits per heavy atom. The zero-order chi connectivity index (χ0) is 22.1. The fourth-order valence-electron chi connectivity index (χ4n) is 4.70. The fourth-order valence-corrected chi connectivity index (χ4v) is 4.70. The minimum atomic E-state index is -0.353. The number of aromatic nitrogens is 3. The van der Waals surface area contributed by atoms with Crippen molar-refractivity contribution < 1.29 is 30.6 Å². The van der Waals surface area contributed by atoms with Crippen LogP contribution in [0.2, 0.25) is 0 Å². The van der Waals surface area contributed by atoms with Crippen LogP contribution in [-0.2, 0) is 30.6 Å². The minimum absolute atomic E-state index is 0. The van der Waals surface area contributed by atoms with Gasteiger partial charge in [-0.2, -0.15) is 5.10 Å². The first-order chi connectivity index (χ1) is 13.9. The van der Waals surface area contributed by atoms with Crippen molar-refractivity contribution in [1.82, 2.24) is 15.2 Å². The number of H-pyrrole nitrogens is 1. The van der Waals surface area contributed by atoms with Gasteiger partial charge in [-0.05, 0) is 35.4 Å². The van der Waals surface area contributed by atoms with Crippen molar-refractivity contribution in [2.75, 3.05) is 0 Å². The molecule has 0 bridgehead atoms. The number of nitrogens with one attached hydrogen (secondary N) is 1. The normalized spacial score (nSPS) is 24.2. The molecule has 2 unspecified atom stereocenters. The van der Waals surface area contributed by atoms with Gasteiger partial charge in [0, 0.05) is 38.5 Å². The molecule has 1 aromatic heterocycles. The molecular weight excluding hydrogens is 558 g/mol. The summed E-state index contributed by atoms with van der Waals surface area (Å²) in [6.45, 7) is 15.8. The summed E-state index contributed by atoms with van der Waals surface area (Å²) >= 11 is 0. The molecule has 31 heavy (non-hydrogen) atoms. The molecule has 0 radical (unpaired) electrons. The Morgan fingerprint density at radius 1 is 1.03 bits per heavy atom. The number of carbonyl (C=O) groups is 1. The van der Waals surface area contributed by atoms with Crippen molar-refractivity contribution in [3.8, 4) is 11.4 Å². The molecule has 1 aliphatic carbocycles. The third-order valence-corrected chi connectivity index (χ3v) is 6.37. The average Bonchev–Trinajstić information content (AvgIpc) is 3.10. The molecule has 6 heteroatoms. The van der Waals surface area contributed by atoms with Gasteiger partial charge in [-0.15, -0.1) is 0 Å². The predicted molar refractivity (Wildman–Crippen MR) is 119 cm³/mol. The van der Waals surface area contributed by atoms with Crippen LogP contribution in [0.1, 0.15) is 67.1 Å². The molecule has 1 heterocycles. The van der Waals surface area contributed by atoms with Crippen LogP contribution in [-0.4, -0.2) is 27.3 Å².